The van der Waals surface area contributed by atoms with E-state index < -0.39 is 11.7 Å². The first-order valence-electron chi connectivity index (χ1n) is 12.2. The van der Waals surface area contributed by atoms with Crippen LogP contribution in [0.3, 0.4) is 0 Å². The molecule has 0 aliphatic carbocycles. The maximum absolute atomic E-state index is 13.3. The van der Waals surface area contributed by atoms with Crippen LogP contribution >= 0.6 is 11.5 Å². The van der Waals surface area contributed by atoms with E-state index in [4.69, 9.17) is 4.98 Å². The Hall–Kier alpha value is -3.14. The molecule has 0 radical (unpaired) electrons. The number of piperidine rings is 1. The fraction of sp³-hybridized carbons (Fsp3) is 0.423. The fourth-order valence-corrected chi connectivity index (χ4v) is 5.62. The van der Waals surface area contributed by atoms with Crippen LogP contribution in [0.2, 0.25) is 0 Å². The smallest absolute Gasteiger partial charge is 0.368 e. The molecule has 1 aromatic heterocycles. The lowest BCUT2D eigenvalue weighted by molar-refractivity contribution is -0.137. The average Bonchev–Trinajstić information content (AvgIpc) is 3.37. The number of aromatic nitrogens is 2. The van der Waals surface area contributed by atoms with Gasteiger partial charge in [-0.25, -0.2) is 4.98 Å². The van der Waals surface area contributed by atoms with Gasteiger partial charge < -0.3 is 14.7 Å². The highest BCUT2D eigenvalue weighted by Gasteiger charge is 2.33. The highest BCUT2D eigenvalue weighted by molar-refractivity contribution is 7.09. The van der Waals surface area contributed by atoms with Gasteiger partial charge in [0.15, 0.2) is 0 Å². The van der Waals surface area contributed by atoms with Gasteiger partial charge in [-0.3, -0.25) is 4.79 Å². The Kier molecular flexibility index (Phi) is 7.13. The predicted octanol–water partition coefficient (Wildman–Crippen LogP) is 4.71. The van der Waals surface area contributed by atoms with Crippen LogP contribution in [0.25, 0.3) is 0 Å². The number of carbonyl (C=O) groups excluding carboxylic acids is 1. The SMILES string of the molecule is O=C(C1CCCN(c2nc(Cc3ccccc3)ns2)C1)N1CCN(c2cccc(C(F)(F)F)c2)CC1. The van der Waals surface area contributed by atoms with Crippen molar-refractivity contribution in [1.82, 2.24) is 14.3 Å². The van der Waals surface area contributed by atoms with Crippen molar-refractivity contribution < 1.29 is 18.0 Å². The molecule has 1 unspecified atom stereocenters. The van der Waals surface area contributed by atoms with Crippen molar-refractivity contribution in [1.29, 1.82) is 0 Å². The minimum atomic E-state index is -4.37. The first-order valence-corrected chi connectivity index (χ1v) is 13.0. The van der Waals surface area contributed by atoms with Crippen LogP contribution in [-0.4, -0.2) is 59.4 Å². The molecule has 3 heterocycles. The average molecular weight is 516 g/mol. The number of benzene rings is 2. The summed E-state index contributed by atoms with van der Waals surface area (Å²) in [5.74, 6) is 0.804. The van der Waals surface area contributed by atoms with Gasteiger partial charge in [0.2, 0.25) is 11.0 Å². The summed E-state index contributed by atoms with van der Waals surface area (Å²) in [6, 6.07) is 15.5. The van der Waals surface area contributed by atoms with Crippen LogP contribution in [-0.2, 0) is 17.4 Å². The zero-order chi connectivity index (χ0) is 25.1. The highest BCUT2D eigenvalue weighted by Crippen LogP contribution is 2.32. The third kappa shape index (κ3) is 5.64. The molecule has 3 aromatic rings. The summed E-state index contributed by atoms with van der Waals surface area (Å²) in [4.78, 5) is 24.0. The minimum absolute atomic E-state index is 0.111. The summed E-state index contributed by atoms with van der Waals surface area (Å²) < 4.78 is 43.8. The van der Waals surface area contributed by atoms with Gasteiger partial charge in [0.1, 0.15) is 5.82 Å². The molecular formula is C26H28F3N5OS. The molecule has 2 saturated heterocycles. The van der Waals surface area contributed by atoms with E-state index in [9.17, 15) is 18.0 Å². The van der Waals surface area contributed by atoms with Crippen molar-refractivity contribution in [3.8, 4) is 0 Å². The normalized spacial score (nSPS) is 19.0. The predicted molar refractivity (Wildman–Crippen MR) is 134 cm³/mol. The summed E-state index contributed by atoms with van der Waals surface area (Å²) in [6.07, 6.45) is -1.94. The number of hydrogen-bond acceptors (Lipinski definition) is 6. The molecule has 5 rings (SSSR count). The second-order valence-electron chi connectivity index (χ2n) is 9.30. The molecule has 6 nitrogen and oxygen atoms in total. The third-order valence-electron chi connectivity index (χ3n) is 6.83. The van der Waals surface area contributed by atoms with Crippen molar-refractivity contribution in [2.75, 3.05) is 49.1 Å². The number of amides is 1. The molecule has 2 aliphatic rings. The van der Waals surface area contributed by atoms with E-state index in [-0.39, 0.29) is 11.8 Å². The number of rotatable bonds is 5. The molecule has 2 fully saturated rings. The number of halogens is 3. The van der Waals surface area contributed by atoms with Gasteiger partial charge in [0.25, 0.3) is 0 Å². The molecule has 2 aliphatic heterocycles. The van der Waals surface area contributed by atoms with E-state index in [0.29, 0.717) is 44.8 Å². The van der Waals surface area contributed by atoms with Crippen LogP contribution in [0.5, 0.6) is 0 Å². The number of anilines is 2. The molecule has 10 heteroatoms. The summed E-state index contributed by atoms with van der Waals surface area (Å²) in [5.41, 5.74) is 1.06. The molecule has 0 bridgehead atoms. The van der Waals surface area contributed by atoms with Gasteiger partial charge in [-0.05, 0) is 36.6 Å². The summed E-state index contributed by atoms with van der Waals surface area (Å²) in [6.45, 7) is 3.52. The topological polar surface area (TPSA) is 52.6 Å². The molecule has 1 amide bonds. The Balaban J connectivity index is 1.16. The van der Waals surface area contributed by atoms with E-state index in [2.05, 4.69) is 21.4 Å². The zero-order valence-electron chi connectivity index (χ0n) is 19.8. The Morgan fingerprint density at radius 1 is 0.972 bits per heavy atom. The van der Waals surface area contributed by atoms with Crippen molar-refractivity contribution in [3.63, 3.8) is 0 Å². The summed E-state index contributed by atoms with van der Waals surface area (Å²) >= 11 is 1.38. The van der Waals surface area contributed by atoms with Crippen LogP contribution in [0.4, 0.5) is 24.0 Å². The van der Waals surface area contributed by atoms with Gasteiger partial charge in [0, 0.05) is 62.9 Å². The lowest BCUT2D eigenvalue weighted by atomic mass is 9.96. The quantitative estimate of drug-likeness (QED) is 0.493. The maximum Gasteiger partial charge on any atom is 0.416 e. The molecule has 190 valence electrons. The number of piperazine rings is 1. The molecule has 1 atom stereocenters. The Labute approximate surface area is 212 Å². The van der Waals surface area contributed by atoms with Gasteiger partial charge in [-0.1, -0.05) is 36.4 Å². The van der Waals surface area contributed by atoms with Crippen molar-refractivity contribution in [2.24, 2.45) is 5.92 Å². The maximum atomic E-state index is 13.3. The number of carbonyl (C=O) groups is 1. The van der Waals surface area contributed by atoms with Crippen molar-refractivity contribution in [2.45, 2.75) is 25.4 Å². The lowest BCUT2D eigenvalue weighted by Gasteiger charge is -2.39. The summed E-state index contributed by atoms with van der Waals surface area (Å²) in [5, 5.41) is 0.854. The minimum Gasteiger partial charge on any atom is -0.368 e. The van der Waals surface area contributed by atoms with Crippen molar-refractivity contribution >= 4 is 28.3 Å². The second-order valence-corrected chi connectivity index (χ2v) is 10.0. The summed E-state index contributed by atoms with van der Waals surface area (Å²) in [7, 11) is 0. The molecular weight excluding hydrogens is 487 g/mol. The van der Waals surface area contributed by atoms with Gasteiger partial charge >= 0.3 is 6.18 Å². The standard InChI is InChI=1S/C26H28F3N5OS/c27-26(28,29)21-9-4-10-22(17-21)32-12-14-33(15-13-32)24(35)20-8-5-11-34(18-20)25-30-23(31-36-25)16-19-6-2-1-3-7-19/h1-4,6-7,9-10,17,20H,5,8,11-16,18H2. The molecule has 0 N–H and O–H groups in total. The van der Waals surface area contributed by atoms with Crippen LogP contribution < -0.4 is 9.80 Å². The fourth-order valence-electron chi connectivity index (χ4n) is 4.90. The molecule has 0 spiro atoms. The van der Waals surface area contributed by atoms with E-state index in [1.807, 2.05) is 28.0 Å². The first-order chi connectivity index (χ1) is 17.4. The number of nitrogens with zero attached hydrogens (tertiary/aromatic N) is 5. The molecule has 36 heavy (non-hydrogen) atoms. The van der Waals surface area contributed by atoms with Crippen molar-refractivity contribution in [3.05, 3.63) is 71.5 Å². The number of alkyl halides is 3. The van der Waals surface area contributed by atoms with E-state index >= 15 is 0 Å². The third-order valence-corrected chi connectivity index (χ3v) is 7.65. The van der Waals surface area contributed by atoms with Crippen LogP contribution in [0.15, 0.2) is 54.6 Å². The Morgan fingerprint density at radius 2 is 1.75 bits per heavy atom. The Bertz CT molecular complexity index is 1180. The van der Waals surface area contributed by atoms with E-state index in [1.165, 1.54) is 23.7 Å². The van der Waals surface area contributed by atoms with E-state index in [0.717, 1.165) is 42.0 Å². The number of hydrogen-bond donors (Lipinski definition) is 0. The van der Waals surface area contributed by atoms with Gasteiger partial charge in [-0.15, -0.1) is 0 Å². The monoisotopic (exact) mass is 515 g/mol. The Morgan fingerprint density at radius 3 is 2.50 bits per heavy atom. The molecule has 0 saturated carbocycles. The molecule has 2 aromatic carbocycles. The lowest BCUT2D eigenvalue weighted by Crippen LogP contribution is -2.52. The van der Waals surface area contributed by atoms with Gasteiger partial charge in [-0.2, -0.15) is 17.5 Å². The van der Waals surface area contributed by atoms with Crippen LogP contribution in [0, 0.1) is 5.92 Å². The highest BCUT2D eigenvalue weighted by atomic mass is 32.1. The van der Waals surface area contributed by atoms with E-state index in [1.54, 1.807) is 6.07 Å². The first kappa shape index (κ1) is 24.5. The van der Waals surface area contributed by atoms with Gasteiger partial charge in [0.05, 0.1) is 11.5 Å². The largest absolute Gasteiger partial charge is 0.416 e. The van der Waals surface area contributed by atoms with Crippen LogP contribution in [0.1, 0.15) is 29.8 Å². The zero-order valence-corrected chi connectivity index (χ0v) is 20.6. The second kappa shape index (κ2) is 10.5.